The van der Waals surface area contributed by atoms with Gasteiger partial charge >= 0.3 is 5.97 Å². The van der Waals surface area contributed by atoms with Crippen molar-refractivity contribution in [1.29, 1.82) is 0 Å². The second-order valence-electron chi connectivity index (χ2n) is 4.95. The molecule has 6 heteroatoms. The zero-order valence-corrected chi connectivity index (χ0v) is 12.0. The molecular formula is C14H17F2NO2S. The SMILES string of the molecule is CSC1CCC(Nc2ccc(C(=O)O)c(F)c2F)CC1. The average Bonchev–Trinajstić information content (AvgIpc) is 2.44. The highest BCUT2D eigenvalue weighted by molar-refractivity contribution is 7.99. The number of thioether (sulfide) groups is 1. The van der Waals surface area contributed by atoms with Gasteiger partial charge in [0.25, 0.3) is 0 Å². The molecule has 0 spiro atoms. The third kappa shape index (κ3) is 3.23. The monoisotopic (exact) mass is 301 g/mol. The van der Waals surface area contributed by atoms with E-state index < -0.39 is 23.2 Å². The number of hydrogen-bond donors (Lipinski definition) is 2. The molecule has 1 aliphatic rings. The lowest BCUT2D eigenvalue weighted by Gasteiger charge is -2.29. The number of rotatable bonds is 4. The molecule has 0 aromatic heterocycles. The Labute approximate surface area is 120 Å². The third-order valence-corrected chi connectivity index (χ3v) is 4.82. The second kappa shape index (κ2) is 6.43. The molecule has 20 heavy (non-hydrogen) atoms. The summed E-state index contributed by atoms with van der Waals surface area (Å²) in [4.78, 5) is 10.7. The first-order chi connectivity index (χ1) is 9.52. The normalized spacial score (nSPS) is 22.6. The molecule has 0 aliphatic heterocycles. The fourth-order valence-electron chi connectivity index (χ4n) is 2.49. The fraction of sp³-hybridized carbons (Fsp3) is 0.500. The molecular weight excluding hydrogens is 284 g/mol. The Balaban J connectivity index is 2.07. The van der Waals surface area contributed by atoms with Gasteiger partial charge in [-0.05, 0) is 44.1 Å². The van der Waals surface area contributed by atoms with Crippen molar-refractivity contribution in [2.75, 3.05) is 11.6 Å². The largest absolute Gasteiger partial charge is 0.478 e. The van der Waals surface area contributed by atoms with Crippen molar-refractivity contribution < 1.29 is 18.7 Å². The van der Waals surface area contributed by atoms with Crippen LogP contribution in [0, 0.1) is 11.6 Å². The summed E-state index contributed by atoms with van der Waals surface area (Å²) in [6.07, 6.45) is 6.00. The van der Waals surface area contributed by atoms with Gasteiger partial charge in [0.2, 0.25) is 0 Å². The number of anilines is 1. The van der Waals surface area contributed by atoms with Crippen LogP contribution in [0.15, 0.2) is 12.1 Å². The van der Waals surface area contributed by atoms with Gasteiger partial charge < -0.3 is 10.4 Å². The number of aromatic carboxylic acids is 1. The highest BCUT2D eigenvalue weighted by atomic mass is 32.2. The third-order valence-electron chi connectivity index (χ3n) is 3.68. The predicted octanol–water partition coefficient (Wildman–Crippen LogP) is 3.75. The highest BCUT2D eigenvalue weighted by Gasteiger charge is 2.23. The number of halogens is 2. The van der Waals surface area contributed by atoms with Gasteiger partial charge in [-0.15, -0.1) is 0 Å². The van der Waals surface area contributed by atoms with Gasteiger partial charge in [-0.1, -0.05) is 0 Å². The number of nitrogens with one attached hydrogen (secondary N) is 1. The van der Waals surface area contributed by atoms with Gasteiger partial charge in [-0.25, -0.2) is 13.6 Å². The van der Waals surface area contributed by atoms with Crippen LogP contribution in [0.4, 0.5) is 14.5 Å². The van der Waals surface area contributed by atoms with Crippen molar-refractivity contribution >= 4 is 23.4 Å². The summed E-state index contributed by atoms with van der Waals surface area (Å²) in [5, 5.41) is 12.4. The summed E-state index contributed by atoms with van der Waals surface area (Å²) in [5.74, 6) is -3.88. The zero-order valence-electron chi connectivity index (χ0n) is 11.2. The standard InChI is InChI=1S/C14H17F2NO2S/c1-20-9-4-2-8(3-5-9)17-11-7-6-10(14(18)19)12(15)13(11)16/h6-9,17H,2-5H2,1H3,(H,18,19). The van der Waals surface area contributed by atoms with E-state index in [0.29, 0.717) is 5.25 Å². The fourth-order valence-corrected chi connectivity index (χ4v) is 3.23. The van der Waals surface area contributed by atoms with E-state index in [1.54, 1.807) is 0 Å². The molecule has 0 saturated heterocycles. The quantitative estimate of drug-likeness (QED) is 0.889. The van der Waals surface area contributed by atoms with Crippen LogP contribution >= 0.6 is 11.8 Å². The molecule has 0 heterocycles. The van der Waals surface area contributed by atoms with Gasteiger partial charge in [0, 0.05) is 11.3 Å². The van der Waals surface area contributed by atoms with Gasteiger partial charge in [-0.2, -0.15) is 11.8 Å². The lowest BCUT2D eigenvalue weighted by Crippen LogP contribution is -2.27. The van der Waals surface area contributed by atoms with E-state index in [9.17, 15) is 13.6 Å². The lowest BCUT2D eigenvalue weighted by molar-refractivity contribution is 0.0690. The Hall–Kier alpha value is -1.30. The average molecular weight is 301 g/mol. The molecule has 2 N–H and O–H groups in total. The molecule has 3 nitrogen and oxygen atoms in total. The molecule has 1 aromatic rings. The van der Waals surface area contributed by atoms with Crippen LogP contribution in [-0.2, 0) is 0 Å². The molecule has 2 rings (SSSR count). The second-order valence-corrected chi connectivity index (χ2v) is 6.09. The minimum absolute atomic E-state index is 0.0418. The molecule has 1 fully saturated rings. The number of carbonyl (C=O) groups is 1. The van der Waals surface area contributed by atoms with Gasteiger partial charge in [-0.3, -0.25) is 0 Å². The number of benzene rings is 1. The highest BCUT2D eigenvalue weighted by Crippen LogP contribution is 2.30. The molecule has 0 amide bonds. The van der Waals surface area contributed by atoms with Crippen molar-refractivity contribution in [3.05, 3.63) is 29.3 Å². The van der Waals surface area contributed by atoms with E-state index >= 15 is 0 Å². The maximum absolute atomic E-state index is 13.8. The summed E-state index contributed by atoms with van der Waals surface area (Å²) in [6.45, 7) is 0. The molecule has 1 aliphatic carbocycles. The Kier molecular flexibility index (Phi) is 4.86. The van der Waals surface area contributed by atoms with Gasteiger partial charge in [0.1, 0.15) is 0 Å². The molecule has 0 bridgehead atoms. The van der Waals surface area contributed by atoms with Crippen molar-refractivity contribution in [3.8, 4) is 0 Å². The van der Waals surface area contributed by atoms with Crippen LogP contribution in [0.5, 0.6) is 0 Å². The van der Waals surface area contributed by atoms with E-state index in [0.717, 1.165) is 31.7 Å². The van der Waals surface area contributed by atoms with E-state index in [2.05, 4.69) is 11.6 Å². The Morgan fingerprint density at radius 3 is 2.45 bits per heavy atom. The Morgan fingerprint density at radius 2 is 1.90 bits per heavy atom. The van der Waals surface area contributed by atoms with Crippen LogP contribution in [0.3, 0.4) is 0 Å². The van der Waals surface area contributed by atoms with Crippen LogP contribution < -0.4 is 5.32 Å². The Morgan fingerprint density at radius 1 is 1.25 bits per heavy atom. The van der Waals surface area contributed by atoms with Crippen molar-refractivity contribution in [3.63, 3.8) is 0 Å². The molecule has 0 atom stereocenters. The lowest BCUT2D eigenvalue weighted by atomic mass is 9.94. The first-order valence-electron chi connectivity index (χ1n) is 6.53. The van der Waals surface area contributed by atoms with E-state index in [4.69, 9.17) is 5.11 Å². The van der Waals surface area contributed by atoms with Crippen molar-refractivity contribution in [2.24, 2.45) is 0 Å². The minimum Gasteiger partial charge on any atom is -0.478 e. The van der Waals surface area contributed by atoms with E-state index in [1.165, 1.54) is 6.07 Å². The molecule has 1 aromatic carbocycles. The van der Waals surface area contributed by atoms with Crippen molar-refractivity contribution in [1.82, 2.24) is 0 Å². The number of carboxylic acid groups (broad SMARTS) is 1. The molecule has 110 valence electrons. The first kappa shape index (κ1) is 15.1. The van der Waals surface area contributed by atoms with Crippen LogP contribution in [0.2, 0.25) is 0 Å². The van der Waals surface area contributed by atoms with Crippen LogP contribution in [-0.4, -0.2) is 28.6 Å². The number of carboxylic acids is 1. The maximum atomic E-state index is 13.8. The summed E-state index contributed by atoms with van der Waals surface area (Å²) in [6, 6.07) is 2.50. The summed E-state index contributed by atoms with van der Waals surface area (Å²) < 4.78 is 27.4. The maximum Gasteiger partial charge on any atom is 0.338 e. The first-order valence-corrected chi connectivity index (χ1v) is 7.82. The Bertz CT molecular complexity index is 502. The van der Waals surface area contributed by atoms with Crippen LogP contribution in [0.1, 0.15) is 36.0 Å². The van der Waals surface area contributed by atoms with Crippen molar-refractivity contribution in [2.45, 2.75) is 37.0 Å². The molecule has 0 unspecified atom stereocenters. The predicted molar refractivity (Wildman–Crippen MR) is 76.5 cm³/mol. The number of hydrogen-bond acceptors (Lipinski definition) is 3. The molecule has 1 saturated carbocycles. The molecule has 0 radical (unpaired) electrons. The zero-order chi connectivity index (χ0) is 14.7. The minimum atomic E-state index is -1.46. The van der Waals surface area contributed by atoms with Gasteiger partial charge in [0.15, 0.2) is 11.6 Å². The summed E-state index contributed by atoms with van der Waals surface area (Å²) in [7, 11) is 0. The summed E-state index contributed by atoms with van der Waals surface area (Å²) in [5.41, 5.74) is -0.598. The topological polar surface area (TPSA) is 49.3 Å². The van der Waals surface area contributed by atoms with Gasteiger partial charge in [0.05, 0.1) is 11.3 Å². The van der Waals surface area contributed by atoms with E-state index in [1.807, 2.05) is 11.8 Å². The smallest absolute Gasteiger partial charge is 0.338 e. The van der Waals surface area contributed by atoms with E-state index in [-0.39, 0.29) is 11.7 Å². The van der Waals surface area contributed by atoms with Crippen LogP contribution in [0.25, 0.3) is 0 Å². The summed E-state index contributed by atoms with van der Waals surface area (Å²) >= 11 is 1.84.